The summed E-state index contributed by atoms with van der Waals surface area (Å²) < 4.78 is 40.5. The number of rotatable bonds is 2. The Bertz CT molecular complexity index is 497. The van der Waals surface area contributed by atoms with Crippen molar-refractivity contribution in [2.75, 3.05) is 0 Å². The number of hydrogen-bond acceptors (Lipinski definition) is 2. The molecule has 5 heteroatoms. The number of pyridine rings is 1. The standard InChI is InChI=1S/C12H7F3NO/c13-12(14,15)17-11-7-2-1-5-9(11)10-6-3-4-8-16-10/h1,3-8H. The Morgan fingerprint density at radius 3 is 2.65 bits per heavy atom. The van der Waals surface area contributed by atoms with Crippen molar-refractivity contribution in [2.45, 2.75) is 6.36 Å². The van der Waals surface area contributed by atoms with Crippen molar-refractivity contribution in [1.82, 2.24) is 4.98 Å². The van der Waals surface area contributed by atoms with Crippen LogP contribution < -0.4 is 4.74 Å². The highest BCUT2D eigenvalue weighted by Crippen LogP contribution is 2.32. The molecular formula is C12H7F3NO. The molecule has 87 valence electrons. The molecule has 0 aliphatic heterocycles. The number of halogens is 3. The first-order valence-electron chi connectivity index (χ1n) is 4.73. The molecule has 0 unspecified atom stereocenters. The van der Waals surface area contributed by atoms with Crippen LogP contribution >= 0.6 is 0 Å². The topological polar surface area (TPSA) is 22.1 Å². The largest absolute Gasteiger partial charge is 0.573 e. The van der Waals surface area contributed by atoms with E-state index >= 15 is 0 Å². The van der Waals surface area contributed by atoms with E-state index in [9.17, 15) is 13.2 Å². The summed E-state index contributed by atoms with van der Waals surface area (Å²) in [6.07, 6.45) is -3.22. The predicted molar refractivity (Wildman–Crippen MR) is 55.2 cm³/mol. The van der Waals surface area contributed by atoms with E-state index in [2.05, 4.69) is 15.8 Å². The molecule has 2 rings (SSSR count). The van der Waals surface area contributed by atoms with Gasteiger partial charge in [-0.15, -0.1) is 13.2 Å². The Morgan fingerprint density at radius 2 is 2.00 bits per heavy atom. The summed E-state index contributed by atoms with van der Waals surface area (Å²) in [5.74, 6) is -0.307. The van der Waals surface area contributed by atoms with Crippen LogP contribution in [-0.2, 0) is 0 Å². The van der Waals surface area contributed by atoms with Gasteiger partial charge < -0.3 is 4.74 Å². The SMILES string of the molecule is FC(F)(F)Oc1c[c]ccc1-c1ccccn1. The van der Waals surface area contributed by atoms with Crippen LogP contribution in [0.1, 0.15) is 0 Å². The Kier molecular flexibility index (Phi) is 2.99. The summed E-state index contributed by atoms with van der Waals surface area (Å²) in [7, 11) is 0. The van der Waals surface area contributed by atoms with E-state index in [1.807, 2.05) is 0 Å². The van der Waals surface area contributed by atoms with Gasteiger partial charge in [-0.05, 0) is 30.3 Å². The lowest BCUT2D eigenvalue weighted by molar-refractivity contribution is -0.274. The van der Waals surface area contributed by atoms with Crippen LogP contribution in [0.3, 0.4) is 0 Å². The van der Waals surface area contributed by atoms with Gasteiger partial charge in [0.15, 0.2) is 0 Å². The Labute approximate surface area is 95.7 Å². The maximum absolute atomic E-state index is 12.2. The third kappa shape index (κ3) is 2.96. The molecule has 2 aromatic rings. The molecule has 0 fully saturated rings. The fourth-order valence-electron chi connectivity index (χ4n) is 1.36. The molecule has 1 aromatic carbocycles. The van der Waals surface area contributed by atoms with Crippen molar-refractivity contribution in [1.29, 1.82) is 0 Å². The van der Waals surface area contributed by atoms with E-state index in [0.717, 1.165) is 6.07 Å². The fraction of sp³-hybridized carbons (Fsp3) is 0.0833. The highest BCUT2D eigenvalue weighted by molar-refractivity contribution is 5.66. The quantitative estimate of drug-likeness (QED) is 0.799. The van der Waals surface area contributed by atoms with Crippen molar-refractivity contribution in [3.63, 3.8) is 0 Å². The second-order valence-electron chi connectivity index (χ2n) is 3.19. The fourth-order valence-corrected chi connectivity index (χ4v) is 1.36. The normalized spacial score (nSPS) is 11.2. The van der Waals surface area contributed by atoms with Crippen molar-refractivity contribution < 1.29 is 17.9 Å². The zero-order valence-electron chi connectivity index (χ0n) is 8.53. The van der Waals surface area contributed by atoms with Crippen molar-refractivity contribution in [3.8, 4) is 17.0 Å². The maximum atomic E-state index is 12.2. The van der Waals surface area contributed by atoms with Gasteiger partial charge in [-0.25, -0.2) is 0 Å². The summed E-state index contributed by atoms with van der Waals surface area (Å²) in [6, 6.07) is 11.6. The van der Waals surface area contributed by atoms with Crippen molar-refractivity contribution in [3.05, 3.63) is 48.7 Å². The predicted octanol–water partition coefficient (Wildman–Crippen LogP) is 3.45. The molecule has 0 aliphatic carbocycles. The van der Waals surface area contributed by atoms with Gasteiger partial charge in [-0.1, -0.05) is 12.1 Å². The first-order chi connectivity index (χ1) is 8.06. The van der Waals surface area contributed by atoms with Crippen molar-refractivity contribution >= 4 is 0 Å². The van der Waals surface area contributed by atoms with Gasteiger partial charge in [0.1, 0.15) is 5.75 Å². The van der Waals surface area contributed by atoms with Gasteiger partial charge in [-0.3, -0.25) is 4.98 Å². The monoisotopic (exact) mass is 238 g/mol. The Hall–Kier alpha value is -2.04. The molecule has 17 heavy (non-hydrogen) atoms. The van der Waals surface area contributed by atoms with E-state index in [4.69, 9.17) is 0 Å². The van der Waals surface area contributed by atoms with E-state index in [1.165, 1.54) is 18.3 Å². The minimum Gasteiger partial charge on any atom is -0.405 e. The summed E-state index contributed by atoms with van der Waals surface area (Å²) in [5.41, 5.74) is 0.697. The molecule has 1 heterocycles. The highest BCUT2D eigenvalue weighted by Gasteiger charge is 2.32. The lowest BCUT2D eigenvalue weighted by Gasteiger charge is -2.12. The molecule has 0 aliphatic rings. The second kappa shape index (κ2) is 4.45. The smallest absolute Gasteiger partial charge is 0.405 e. The van der Waals surface area contributed by atoms with Gasteiger partial charge in [0, 0.05) is 11.8 Å². The zero-order valence-corrected chi connectivity index (χ0v) is 8.53. The molecule has 0 saturated carbocycles. The van der Waals surface area contributed by atoms with E-state index in [-0.39, 0.29) is 11.3 Å². The molecule has 1 radical (unpaired) electrons. The van der Waals surface area contributed by atoms with E-state index in [1.54, 1.807) is 18.2 Å². The van der Waals surface area contributed by atoms with Crippen molar-refractivity contribution in [2.24, 2.45) is 0 Å². The lowest BCUT2D eigenvalue weighted by atomic mass is 10.1. The zero-order chi connectivity index (χ0) is 12.3. The van der Waals surface area contributed by atoms with E-state index < -0.39 is 6.36 Å². The van der Waals surface area contributed by atoms with E-state index in [0.29, 0.717) is 5.69 Å². The van der Waals surface area contributed by atoms with Crippen LogP contribution in [0.2, 0.25) is 0 Å². The van der Waals surface area contributed by atoms with Gasteiger partial charge in [0.25, 0.3) is 0 Å². The number of hydrogen-bond donors (Lipinski definition) is 0. The number of ether oxygens (including phenoxy) is 1. The minimum atomic E-state index is -4.72. The van der Waals surface area contributed by atoms with Gasteiger partial charge in [0.05, 0.1) is 5.69 Å². The Morgan fingerprint density at radius 1 is 1.18 bits per heavy atom. The lowest BCUT2D eigenvalue weighted by Crippen LogP contribution is -2.17. The number of aromatic nitrogens is 1. The van der Waals surface area contributed by atoms with Gasteiger partial charge in [-0.2, -0.15) is 0 Å². The number of benzene rings is 1. The summed E-state index contributed by atoms with van der Waals surface area (Å²) in [5, 5.41) is 0. The van der Waals surface area contributed by atoms with Crippen LogP contribution in [0, 0.1) is 6.07 Å². The van der Waals surface area contributed by atoms with Gasteiger partial charge in [0.2, 0.25) is 0 Å². The number of nitrogens with zero attached hydrogens (tertiary/aromatic N) is 1. The summed E-state index contributed by atoms with van der Waals surface area (Å²) in [4.78, 5) is 3.98. The summed E-state index contributed by atoms with van der Waals surface area (Å²) in [6.45, 7) is 0. The first-order valence-corrected chi connectivity index (χ1v) is 4.73. The average molecular weight is 238 g/mol. The molecule has 0 N–H and O–H groups in total. The van der Waals surface area contributed by atoms with Gasteiger partial charge >= 0.3 is 6.36 Å². The molecule has 0 spiro atoms. The summed E-state index contributed by atoms with van der Waals surface area (Å²) >= 11 is 0. The average Bonchev–Trinajstić information content (AvgIpc) is 2.29. The molecule has 0 atom stereocenters. The number of alkyl halides is 3. The highest BCUT2D eigenvalue weighted by atomic mass is 19.4. The maximum Gasteiger partial charge on any atom is 0.573 e. The van der Waals surface area contributed by atoms with Crippen LogP contribution in [0.5, 0.6) is 5.75 Å². The van der Waals surface area contributed by atoms with Crippen LogP contribution in [0.4, 0.5) is 13.2 Å². The molecule has 0 amide bonds. The van der Waals surface area contributed by atoms with Crippen LogP contribution in [0.25, 0.3) is 11.3 Å². The first kappa shape index (κ1) is 11.4. The minimum absolute atomic E-state index is 0.279. The molecule has 2 nitrogen and oxygen atoms in total. The van der Waals surface area contributed by atoms with Crippen LogP contribution in [-0.4, -0.2) is 11.3 Å². The molecule has 1 aromatic heterocycles. The molecular weight excluding hydrogens is 231 g/mol. The third-order valence-corrected chi connectivity index (χ3v) is 1.99. The second-order valence-corrected chi connectivity index (χ2v) is 3.19. The third-order valence-electron chi connectivity index (χ3n) is 1.99. The molecule has 0 saturated heterocycles. The van der Waals surface area contributed by atoms with Crippen LogP contribution in [0.15, 0.2) is 42.6 Å². The Balaban J connectivity index is 2.41. The molecule has 0 bridgehead atoms.